The molecule has 2 aromatic carbocycles. The molecule has 29 heavy (non-hydrogen) atoms. The van der Waals surface area contributed by atoms with Crippen LogP contribution in [0.15, 0.2) is 36.4 Å². The van der Waals surface area contributed by atoms with Crippen molar-refractivity contribution in [3.63, 3.8) is 0 Å². The van der Waals surface area contributed by atoms with Gasteiger partial charge in [0.1, 0.15) is 5.75 Å². The SMILES string of the molecule is COc1ccc2cc([C@H](C)C(=O)OCC(=O)N[C@]3(C)CCS(=O)(=O)C3)ccc2c1. The van der Waals surface area contributed by atoms with E-state index in [9.17, 15) is 18.0 Å². The minimum Gasteiger partial charge on any atom is -0.497 e. The Labute approximate surface area is 170 Å². The number of carbonyl (C=O) groups is 2. The third kappa shape index (κ3) is 5.06. The molecule has 1 heterocycles. The highest BCUT2D eigenvalue weighted by atomic mass is 32.2. The number of fused-ring (bicyclic) bond motifs is 1. The van der Waals surface area contributed by atoms with E-state index in [0.717, 1.165) is 22.1 Å². The summed E-state index contributed by atoms with van der Waals surface area (Å²) < 4.78 is 33.6. The highest BCUT2D eigenvalue weighted by molar-refractivity contribution is 7.91. The lowest BCUT2D eigenvalue weighted by Crippen LogP contribution is -2.48. The summed E-state index contributed by atoms with van der Waals surface area (Å²) in [5.74, 6) is -0.857. The first kappa shape index (κ1) is 21.1. The highest BCUT2D eigenvalue weighted by Gasteiger charge is 2.39. The number of esters is 1. The van der Waals surface area contributed by atoms with Gasteiger partial charge in [-0.25, -0.2) is 8.42 Å². The maximum absolute atomic E-state index is 12.4. The fourth-order valence-electron chi connectivity index (χ4n) is 3.52. The fourth-order valence-corrected chi connectivity index (χ4v) is 5.61. The van der Waals surface area contributed by atoms with Crippen LogP contribution in [0.5, 0.6) is 5.75 Å². The number of benzene rings is 2. The monoisotopic (exact) mass is 419 g/mol. The van der Waals surface area contributed by atoms with E-state index in [-0.39, 0.29) is 11.5 Å². The Morgan fingerprint density at radius 2 is 1.86 bits per heavy atom. The molecule has 156 valence electrons. The molecule has 0 saturated carbocycles. The van der Waals surface area contributed by atoms with E-state index in [0.29, 0.717) is 6.42 Å². The smallest absolute Gasteiger partial charge is 0.313 e. The lowest BCUT2D eigenvalue weighted by molar-refractivity contribution is -0.150. The topological polar surface area (TPSA) is 98.8 Å². The Bertz CT molecular complexity index is 1050. The number of sulfone groups is 1. The summed E-state index contributed by atoms with van der Waals surface area (Å²) in [6, 6.07) is 11.3. The molecule has 7 nitrogen and oxygen atoms in total. The van der Waals surface area contributed by atoms with Crippen molar-refractivity contribution in [1.82, 2.24) is 5.32 Å². The van der Waals surface area contributed by atoms with Crippen LogP contribution in [0.25, 0.3) is 10.8 Å². The fraction of sp³-hybridized carbons (Fsp3) is 0.429. The molecule has 1 saturated heterocycles. The van der Waals surface area contributed by atoms with Crippen molar-refractivity contribution in [1.29, 1.82) is 0 Å². The van der Waals surface area contributed by atoms with Crippen LogP contribution in [0, 0.1) is 0 Å². The van der Waals surface area contributed by atoms with Crippen LogP contribution in [0.3, 0.4) is 0 Å². The average Bonchev–Trinajstić information content (AvgIpc) is 2.96. The molecule has 2 atom stereocenters. The third-order valence-electron chi connectivity index (χ3n) is 5.22. The molecule has 3 rings (SSSR count). The van der Waals surface area contributed by atoms with Gasteiger partial charge in [0.05, 0.1) is 30.1 Å². The molecular formula is C21H25NO6S. The number of carbonyl (C=O) groups excluding carboxylic acids is 2. The molecule has 2 aromatic rings. The van der Waals surface area contributed by atoms with Gasteiger partial charge in [-0.05, 0) is 48.7 Å². The molecule has 1 aliphatic heterocycles. The van der Waals surface area contributed by atoms with Gasteiger partial charge in [-0.2, -0.15) is 0 Å². The summed E-state index contributed by atoms with van der Waals surface area (Å²) in [5.41, 5.74) is -0.0326. The number of hydrogen-bond acceptors (Lipinski definition) is 6. The lowest BCUT2D eigenvalue weighted by atomic mass is 9.98. The number of amides is 1. The van der Waals surface area contributed by atoms with Gasteiger partial charge in [0.2, 0.25) is 0 Å². The van der Waals surface area contributed by atoms with E-state index >= 15 is 0 Å². The zero-order chi connectivity index (χ0) is 21.2. The van der Waals surface area contributed by atoms with E-state index in [1.54, 1.807) is 21.0 Å². The van der Waals surface area contributed by atoms with Crippen LogP contribution >= 0.6 is 0 Å². The zero-order valence-electron chi connectivity index (χ0n) is 16.7. The van der Waals surface area contributed by atoms with Crippen molar-refractivity contribution >= 4 is 32.5 Å². The molecular weight excluding hydrogens is 394 g/mol. The first-order chi connectivity index (χ1) is 13.6. The van der Waals surface area contributed by atoms with Gasteiger partial charge in [-0.1, -0.05) is 24.3 Å². The van der Waals surface area contributed by atoms with Crippen LogP contribution in [-0.2, 0) is 24.2 Å². The Hall–Kier alpha value is -2.61. The number of ether oxygens (including phenoxy) is 2. The zero-order valence-corrected chi connectivity index (χ0v) is 17.5. The van der Waals surface area contributed by atoms with Crippen molar-refractivity contribution in [3.8, 4) is 5.75 Å². The van der Waals surface area contributed by atoms with E-state index < -0.39 is 39.8 Å². The van der Waals surface area contributed by atoms with Crippen LogP contribution in [0.4, 0.5) is 0 Å². The number of rotatable bonds is 6. The highest BCUT2D eigenvalue weighted by Crippen LogP contribution is 2.26. The quantitative estimate of drug-likeness (QED) is 0.721. The molecule has 1 aliphatic rings. The van der Waals surface area contributed by atoms with Gasteiger partial charge < -0.3 is 14.8 Å². The minimum absolute atomic E-state index is 0.0500. The first-order valence-corrected chi connectivity index (χ1v) is 11.2. The van der Waals surface area contributed by atoms with Crippen molar-refractivity contribution in [3.05, 3.63) is 42.0 Å². The van der Waals surface area contributed by atoms with Crippen molar-refractivity contribution < 1.29 is 27.5 Å². The molecule has 8 heteroatoms. The van der Waals surface area contributed by atoms with E-state index in [1.807, 2.05) is 36.4 Å². The summed E-state index contributed by atoms with van der Waals surface area (Å²) in [6.45, 7) is 2.96. The second kappa shape index (κ2) is 8.02. The Kier molecular flexibility index (Phi) is 5.84. The number of methoxy groups -OCH3 is 1. The van der Waals surface area contributed by atoms with Crippen LogP contribution in [0.1, 0.15) is 31.7 Å². The molecule has 1 fully saturated rings. The average molecular weight is 419 g/mol. The van der Waals surface area contributed by atoms with Crippen LogP contribution in [-0.4, -0.2) is 51.1 Å². The molecule has 0 aromatic heterocycles. The lowest BCUT2D eigenvalue weighted by Gasteiger charge is -2.23. The Morgan fingerprint density at radius 1 is 1.17 bits per heavy atom. The third-order valence-corrected chi connectivity index (χ3v) is 7.12. The molecule has 0 spiro atoms. The number of nitrogens with one attached hydrogen (secondary N) is 1. The summed E-state index contributed by atoms with van der Waals surface area (Å²) >= 11 is 0. The van der Waals surface area contributed by atoms with Gasteiger partial charge in [0, 0.05) is 0 Å². The predicted molar refractivity (Wildman–Crippen MR) is 110 cm³/mol. The van der Waals surface area contributed by atoms with Crippen molar-refractivity contribution in [2.45, 2.75) is 31.7 Å². The maximum Gasteiger partial charge on any atom is 0.313 e. The molecule has 0 unspecified atom stereocenters. The van der Waals surface area contributed by atoms with Crippen molar-refractivity contribution in [2.75, 3.05) is 25.2 Å². The summed E-state index contributed by atoms with van der Waals surface area (Å²) in [5, 5.41) is 4.63. The van der Waals surface area contributed by atoms with Gasteiger partial charge in [-0.3, -0.25) is 9.59 Å². The second-order valence-corrected chi connectivity index (χ2v) is 9.94. The molecule has 1 amide bonds. The van der Waals surface area contributed by atoms with Gasteiger partial charge in [0.25, 0.3) is 5.91 Å². The largest absolute Gasteiger partial charge is 0.497 e. The van der Waals surface area contributed by atoms with E-state index in [4.69, 9.17) is 9.47 Å². The van der Waals surface area contributed by atoms with Gasteiger partial charge >= 0.3 is 5.97 Å². The summed E-state index contributed by atoms with van der Waals surface area (Å²) in [4.78, 5) is 24.5. The van der Waals surface area contributed by atoms with E-state index in [1.165, 1.54) is 0 Å². The normalized spacial score (nSPS) is 21.5. The maximum atomic E-state index is 12.4. The summed E-state index contributed by atoms with van der Waals surface area (Å²) in [6.07, 6.45) is 0.354. The van der Waals surface area contributed by atoms with Crippen LogP contribution in [0.2, 0.25) is 0 Å². The number of hydrogen-bond donors (Lipinski definition) is 1. The van der Waals surface area contributed by atoms with Crippen molar-refractivity contribution in [2.24, 2.45) is 0 Å². The van der Waals surface area contributed by atoms with Gasteiger partial charge in [0.15, 0.2) is 16.4 Å². The predicted octanol–water partition coefficient (Wildman–Crippen LogP) is 2.19. The molecule has 1 N–H and O–H groups in total. The van der Waals surface area contributed by atoms with Gasteiger partial charge in [-0.15, -0.1) is 0 Å². The van der Waals surface area contributed by atoms with Crippen LogP contribution < -0.4 is 10.1 Å². The Balaban J connectivity index is 1.59. The Morgan fingerprint density at radius 3 is 2.52 bits per heavy atom. The molecule has 0 aliphatic carbocycles. The standard InChI is InChI=1S/C21H25NO6S/c1-14(15-4-5-17-11-18(27-3)7-6-16(17)10-15)20(24)28-12-19(23)22-21(2)8-9-29(25,26)13-21/h4-7,10-11,14H,8-9,12-13H2,1-3H3,(H,22,23)/t14-,21+/m0/s1. The molecule has 0 bridgehead atoms. The summed E-state index contributed by atoms with van der Waals surface area (Å²) in [7, 11) is -1.53. The minimum atomic E-state index is -3.13. The first-order valence-electron chi connectivity index (χ1n) is 9.37. The van der Waals surface area contributed by atoms with E-state index in [2.05, 4.69) is 5.32 Å². The molecule has 0 radical (unpaired) electrons. The second-order valence-electron chi connectivity index (χ2n) is 7.75.